The van der Waals surface area contributed by atoms with Crippen LogP contribution in [0.5, 0.6) is 0 Å². The van der Waals surface area contributed by atoms with Crippen LogP contribution in [0.25, 0.3) is 0 Å². The normalized spacial score (nSPS) is 18.3. The summed E-state index contributed by atoms with van der Waals surface area (Å²) in [6.45, 7) is 3.80. The average molecular weight is 348 g/mol. The molecule has 1 unspecified atom stereocenters. The number of ether oxygens (including phenoxy) is 1. The number of carbonyl (C=O) groups excluding carboxylic acids is 2. The summed E-state index contributed by atoms with van der Waals surface area (Å²) < 4.78 is 5.05. The first-order valence-corrected chi connectivity index (χ1v) is 8.51. The van der Waals surface area contributed by atoms with Crippen molar-refractivity contribution < 1.29 is 19.2 Å². The van der Waals surface area contributed by atoms with Crippen molar-refractivity contribution in [3.8, 4) is 0 Å². The Hall–Kier alpha value is -2.44. The first kappa shape index (κ1) is 18.9. The van der Waals surface area contributed by atoms with Gasteiger partial charge in [-0.2, -0.15) is 0 Å². The minimum Gasteiger partial charge on any atom is -0.447 e. The maximum absolute atomic E-state index is 12.6. The SMILES string of the molecule is CC(C)CC(CC(=O)N1C(=O)OC[C@H]1Cc1ccccc1)C[N+](=O)[O-]. The van der Waals surface area contributed by atoms with Crippen LogP contribution in [-0.4, -0.2) is 41.0 Å². The molecule has 2 amide bonds. The second kappa shape index (κ2) is 8.60. The Morgan fingerprint density at radius 1 is 1.36 bits per heavy atom. The van der Waals surface area contributed by atoms with Crippen molar-refractivity contribution in [2.24, 2.45) is 11.8 Å². The summed E-state index contributed by atoms with van der Waals surface area (Å²) in [5.74, 6) is -0.535. The fourth-order valence-corrected chi connectivity index (χ4v) is 3.25. The lowest BCUT2D eigenvalue weighted by Gasteiger charge is -2.22. The van der Waals surface area contributed by atoms with Crippen molar-refractivity contribution in [1.82, 2.24) is 4.90 Å². The summed E-state index contributed by atoms with van der Waals surface area (Å²) >= 11 is 0. The molecule has 0 aliphatic carbocycles. The predicted octanol–water partition coefficient (Wildman–Crippen LogP) is 2.91. The van der Waals surface area contributed by atoms with E-state index in [2.05, 4.69) is 0 Å². The zero-order valence-electron chi connectivity index (χ0n) is 14.6. The molecule has 136 valence electrons. The third kappa shape index (κ3) is 5.55. The van der Waals surface area contributed by atoms with Crippen molar-refractivity contribution in [2.45, 2.75) is 39.2 Å². The number of benzene rings is 1. The maximum Gasteiger partial charge on any atom is 0.416 e. The molecular weight excluding hydrogens is 324 g/mol. The molecule has 0 bridgehead atoms. The highest BCUT2D eigenvalue weighted by Gasteiger charge is 2.39. The molecule has 0 spiro atoms. The van der Waals surface area contributed by atoms with Gasteiger partial charge >= 0.3 is 6.09 Å². The lowest BCUT2D eigenvalue weighted by atomic mass is 9.93. The average Bonchev–Trinajstić information content (AvgIpc) is 2.87. The van der Waals surface area contributed by atoms with E-state index in [9.17, 15) is 19.7 Å². The van der Waals surface area contributed by atoms with Gasteiger partial charge in [0.05, 0.1) is 6.04 Å². The van der Waals surface area contributed by atoms with Crippen LogP contribution in [0.2, 0.25) is 0 Å². The summed E-state index contributed by atoms with van der Waals surface area (Å²) in [6, 6.07) is 9.19. The van der Waals surface area contributed by atoms with Crippen LogP contribution in [0.3, 0.4) is 0 Å². The molecule has 0 aromatic heterocycles. The van der Waals surface area contributed by atoms with E-state index >= 15 is 0 Å². The Morgan fingerprint density at radius 2 is 2.04 bits per heavy atom. The molecule has 25 heavy (non-hydrogen) atoms. The first-order valence-electron chi connectivity index (χ1n) is 8.51. The van der Waals surface area contributed by atoms with Gasteiger partial charge in [-0.05, 0) is 24.3 Å². The number of hydrogen-bond acceptors (Lipinski definition) is 5. The minimum absolute atomic E-state index is 0.0143. The van der Waals surface area contributed by atoms with E-state index in [1.54, 1.807) is 0 Å². The largest absolute Gasteiger partial charge is 0.447 e. The summed E-state index contributed by atoms with van der Waals surface area (Å²) in [7, 11) is 0. The Morgan fingerprint density at radius 3 is 2.64 bits per heavy atom. The van der Waals surface area contributed by atoms with Crippen molar-refractivity contribution >= 4 is 12.0 Å². The van der Waals surface area contributed by atoms with Crippen molar-refractivity contribution in [3.63, 3.8) is 0 Å². The van der Waals surface area contributed by atoms with Gasteiger partial charge in [0.15, 0.2) is 0 Å². The second-order valence-corrected chi connectivity index (χ2v) is 6.90. The number of rotatable bonds is 8. The van der Waals surface area contributed by atoms with Gasteiger partial charge in [0, 0.05) is 17.3 Å². The summed E-state index contributed by atoms with van der Waals surface area (Å²) in [5, 5.41) is 10.9. The van der Waals surface area contributed by atoms with Crippen molar-refractivity contribution in [2.75, 3.05) is 13.2 Å². The fourth-order valence-electron chi connectivity index (χ4n) is 3.25. The lowest BCUT2D eigenvalue weighted by Crippen LogP contribution is -2.41. The highest BCUT2D eigenvalue weighted by Crippen LogP contribution is 2.22. The van der Waals surface area contributed by atoms with E-state index in [0.717, 1.165) is 10.5 Å². The zero-order chi connectivity index (χ0) is 18.4. The van der Waals surface area contributed by atoms with Crippen LogP contribution in [-0.2, 0) is 16.0 Å². The van der Waals surface area contributed by atoms with Crippen LogP contribution in [0.15, 0.2) is 30.3 Å². The van der Waals surface area contributed by atoms with Gasteiger partial charge in [-0.1, -0.05) is 44.2 Å². The van der Waals surface area contributed by atoms with Gasteiger partial charge in [0.25, 0.3) is 0 Å². The number of imide groups is 1. The molecule has 1 saturated heterocycles. The van der Waals surface area contributed by atoms with Crippen molar-refractivity contribution in [1.29, 1.82) is 0 Å². The van der Waals surface area contributed by atoms with Gasteiger partial charge in [-0.3, -0.25) is 14.9 Å². The topological polar surface area (TPSA) is 89.8 Å². The molecule has 1 aromatic rings. The molecule has 7 heteroatoms. The Bertz CT molecular complexity index is 617. The highest BCUT2D eigenvalue weighted by atomic mass is 16.6. The molecule has 1 aromatic carbocycles. The van der Waals surface area contributed by atoms with Crippen LogP contribution in [0, 0.1) is 22.0 Å². The number of hydrogen-bond donors (Lipinski definition) is 0. The molecular formula is C18H24N2O5. The Kier molecular flexibility index (Phi) is 6.50. The third-order valence-electron chi connectivity index (χ3n) is 4.22. The highest BCUT2D eigenvalue weighted by molar-refractivity contribution is 5.93. The van der Waals surface area contributed by atoms with Gasteiger partial charge < -0.3 is 4.74 Å². The number of nitro groups is 1. The standard InChI is InChI=1S/C18H24N2O5/c1-13(2)8-15(11-19(23)24)10-17(21)20-16(12-25-18(20)22)9-14-6-4-3-5-7-14/h3-7,13,15-16H,8-12H2,1-2H3/t15?,16-/m1/s1. The van der Waals surface area contributed by atoms with Crippen molar-refractivity contribution in [3.05, 3.63) is 46.0 Å². The van der Waals surface area contributed by atoms with Crippen LogP contribution in [0.4, 0.5) is 4.79 Å². The fraction of sp³-hybridized carbons (Fsp3) is 0.556. The number of carbonyl (C=O) groups is 2. The van der Waals surface area contributed by atoms with Gasteiger partial charge in [-0.15, -0.1) is 0 Å². The quantitative estimate of drug-likeness (QED) is 0.532. The third-order valence-corrected chi connectivity index (χ3v) is 4.22. The molecule has 1 fully saturated rings. The zero-order valence-corrected chi connectivity index (χ0v) is 14.6. The van der Waals surface area contributed by atoms with E-state index in [-0.39, 0.29) is 37.5 Å². The maximum atomic E-state index is 12.6. The number of nitrogens with zero attached hydrogens (tertiary/aromatic N) is 2. The molecule has 7 nitrogen and oxygen atoms in total. The molecule has 0 saturated carbocycles. The Balaban J connectivity index is 2.05. The molecule has 0 radical (unpaired) electrons. The predicted molar refractivity (Wildman–Crippen MR) is 91.6 cm³/mol. The summed E-state index contributed by atoms with van der Waals surface area (Å²) in [5.41, 5.74) is 1.01. The molecule has 1 aliphatic heterocycles. The number of cyclic esters (lactones) is 1. The summed E-state index contributed by atoms with van der Waals surface area (Å²) in [4.78, 5) is 36.2. The number of amides is 2. The minimum atomic E-state index is -0.657. The van der Waals surface area contributed by atoms with Gasteiger partial charge in [-0.25, -0.2) is 9.69 Å². The first-order chi connectivity index (χ1) is 11.9. The molecule has 0 N–H and O–H groups in total. The summed E-state index contributed by atoms with van der Waals surface area (Å²) in [6.07, 6.45) is 0.413. The van der Waals surface area contributed by atoms with Crippen LogP contribution in [0.1, 0.15) is 32.3 Å². The van der Waals surface area contributed by atoms with E-state index in [4.69, 9.17) is 4.74 Å². The van der Waals surface area contributed by atoms with E-state index in [1.807, 2.05) is 44.2 Å². The molecule has 2 rings (SSSR count). The van der Waals surface area contributed by atoms with E-state index < -0.39 is 16.9 Å². The monoisotopic (exact) mass is 348 g/mol. The smallest absolute Gasteiger partial charge is 0.416 e. The van der Waals surface area contributed by atoms with E-state index in [1.165, 1.54) is 0 Å². The van der Waals surface area contributed by atoms with Crippen LogP contribution < -0.4 is 0 Å². The molecule has 1 aliphatic rings. The molecule has 2 atom stereocenters. The van der Waals surface area contributed by atoms with Crippen LogP contribution >= 0.6 is 0 Å². The second-order valence-electron chi connectivity index (χ2n) is 6.90. The molecule has 1 heterocycles. The van der Waals surface area contributed by atoms with Gasteiger partial charge in [0.1, 0.15) is 6.61 Å². The van der Waals surface area contributed by atoms with Gasteiger partial charge in [0.2, 0.25) is 12.5 Å². The lowest BCUT2D eigenvalue weighted by molar-refractivity contribution is -0.488. The Labute approximate surface area is 147 Å². The van der Waals surface area contributed by atoms with E-state index in [0.29, 0.717) is 12.8 Å².